The zero-order chi connectivity index (χ0) is 17.3. The lowest BCUT2D eigenvalue weighted by Gasteiger charge is -2.27. The number of nitrogens with one attached hydrogen (secondary N) is 1. The summed E-state index contributed by atoms with van der Waals surface area (Å²) in [5, 5.41) is 3.45. The van der Waals surface area contributed by atoms with E-state index < -0.39 is 0 Å². The van der Waals surface area contributed by atoms with E-state index in [0.717, 1.165) is 44.1 Å². The molecule has 136 valence electrons. The molecule has 0 bridgehead atoms. The Labute approximate surface area is 155 Å². The van der Waals surface area contributed by atoms with Crippen molar-refractivity contribution in [1.29, 1.82) is 0 Å². The highest BCUT2D eigenvalue weighted by atomic mass is 16.6. The van der Waals surface area contributed by atoms with Gasteiger partial charge in [-0.2, -0.15) is 0 Å². The first-order valence-electron chi connectivity index (χ1n) is 9.82. The van der Waals surface area contributed by atoms with Gasteiger partial charge in [0.15, 0.2) is 11.5 Å². The van der Waals surface area contributed by atoms with E-state index >= 15 is 0 Å². The van der Waals surface area contributed by atoms with Crippen LogP contribution in [0, 0.1) is 0 Å². The first-order valence-corrected chi connectivity index (χ1v) is 9.82. The van der Waals surface area contributed by atoms with Crippen LogP contribution in [0.5, 0.6) is 11.5 Å². The Morgan fingerprint density at radius 2 is 1.92 bits per heavy atom. The van der Waals surface area contributed by atoms with Crippen LogP contribution >= 0.6 is 0 Å². The second-order valence-electron chi connectivity index (χ2n) is 7.56. The van der Waals surface area contributed by atoms with Gasteiger partial charge in [0.1, 0.15) is 13.2 Å². The number of hydrogen-bond donors (Lipinski definition) is 1. The van der Waals surface area contributed by atoms with Crippen LogP contribution in [0.3, 0.4) is 0 Å². The fourth-order valence-corrected chi connectivity index (χ4v) is 4.52. The molecule has 1 saturated heterocycles. The molecule has 26 heavy (non-hydrogen) atoms. The number of benzene rings is 2. The van der Waals surface area contributed by atoms with Crippen LogP contribution in [0.15, 0.2) is 36.4 Å². The van der Waals surface area contributed by atoms with Crippen LogP contribution in [0.2, 0.25) is 0 Å². The highest BCUT2D eigenvalue weighted by molar-refractivity contribution is 5.45. The molecule has 0 amide bonds. The smallest absolute Gasteiger partial charge is 0.161 e. The average molecular weight is 350 g/mol. The fraction of sp³-hybridized carbons (Fsp3) is 0.455. The maximum Gasteiger partial charge on any atom is 0.161 e. The first kappa shape index (κ1) is 16.2. The van der Waals surface area contributed by atoms with Crippen LogP contribution in [0.25, 0.3) is 0 Å². The van der Waals surface area contributed by atoms with Gasteiger partial charge in [-0.15, -0.1) is 0 Å². The molecule has 4 nitrogen and oxygen atoms in total. The van der Waals surface area contributed by atoms with Crippen molar-refractivity contribution in [2.75, 3.05) is 26.3 Å². The zero-order valence-corrected chi connectivity index (χ0v) is 15.2. The largest absolute Gasteiger partial charge is 0.486 e. The molecule has 3 heterocycles. The SMILES string of the molecule is c1cc2c(cc1CN1CCCC1c1ccc3c(c1)OCCO3)CCNC2. The van der Waals surface area contributed by atoms with E-state index in [1.54, 1.807) is 0 Å². The standard InChI is InChI=1S/C22H26N2O2/c1-2-20(18-5-6-21-22(13-18)26-11-10-25-21)24(9-1)15-16-3-4-19-14-23-8-7-17(19)12-16/h3-6,12-13,20,23H,1-2,7-11,14-15H2. The first-order chi connectivity index (χ1) is 12.9. The van der Waals surface area contributed by atoms with Gasteiger partial charge in [0.2, 0.25) is 0 Å². The van der Waals surface area contributed by atoms with Crippen LogP contribution in [0.4, 0.5) is 0 Å². The van der Waals surface area contributed by atoms with Crippen LogP contribution in [0.1, 0.15) is 41.1 Å². The average Bonchev–Trinajstić information content (AvgIpc) is 3.15. The van der Waals surface area contributed by atoms with Gasteiger partial charge in [-0.25, -0.2) is 0 Å². The molecule has 1 unspecified atom stereocenters. The van der Waals surface area contributed by atoms with Crippen LogP contribution in [-0.2, 0) is 19.5 Å². The van der Waals surface area contributed by atoms with E-state index in [2.05, 4.69) is 46.6 Å². The highest BCUT2D eigenvalue weighted by Gasteiger charge is 2.27. The molecule has 4 heteroatoms. The number of rotatable bonds is 3. The minimum Gasteiger partial charge on any atom is -0.486 e. The maximum atomic E-state index is 5.79. The predicted octanol–water partition coefficient (Wildman–Crippen LogP) is 3.44. The van der Waals surface area contributed by atoms with Gasteiger partial charge < -0.3 is 14.8 Å². The lowest BCUT2D eigenvalue weighted by molar-refractivity contribution is 0.170. The molecule has 0 spiro atoms. The number of likely N-dealkylation sites (tertiary alicyclic amines) is 1. The second-order valence-corrected chi connectivity index (χ2v) is 7.56. The molecule has 2 aromatic rings. The molecule has 0 saturated carbocycles. The van der Waals surface area contributed by atoms with Crippen LogP contribution < -0.4 is 14.8 Å². The molecular formula is C22H26N2O2. The Bertz CT molecular complexity index is 805. The van der Waals surface area contributed by atoms with Crippen molar-refractivity contribution < 1.29 is 9.47 Å². The molecule has 1 atom stereocenters. The molecule has 3 aliphatic heterocycles. The molecule has 3 aliphatic rings. The lowest BCUT2D eigenvalue weighted by Crippen LogP contribution is -2.25. The predicted molar refractivity (Wildman–Crippen MR) is 102 cm³/mol. The van der Waals surface area contributed by atoms with Gasteiger partial charge in [-0.1, -0.05) is 24.3 Å². The summed E-state index contributed by atoms with van der Waals surface area (Å²) in [7, 11) is 0. The molecule has 1 fully saturated rings. The maximum absolute atomic E-state index is 5.79. The number of nitrogens with zero attached hydrogens (tertiary/aromatic N) is 1. The van der Waals surface area contributed by atoms with Gasteiger partial charge in [0, 0.05) is 19.1 Å². The molecule has 2 aromatic carbocycles. The summed E-state index contributed by atoms with van der Waals surface area (Å²) in [6, 6.07) is 14.0. The van der Waals surface area contributed by atoms with Gasteiger partial charge in [0.05, 0.1) is 0 Å². The van der Waals surface area contributed by atoms with Crippen LogP contribution in [-0.4, -0.2) is 31.2 Å². The summed E-state index contributed by atoms with van der Waals surface area (Å²) in [6.07, 6.45) is 3.62. The minimum absolute atomic E-state index is 0.475. The topological polar surface area (TPSA) is 33.7 Å². The van der Waals surface area contributed by atoms with E-state index in [1.165, 1.54) is 35.1 Å². The Kier molecular flexibility index (Phi) is 4.31. The van der Waals surface area contributed by atoms with Crippen molar-refractivity contribution in [3.05, 3.63) is 58.7 Å². The van der Waals surface area contributed by atoms with Gasteiger partial charge in [-0.3, -0.25) is 4.90 Å². The minimum atomic E-state index is 0.475. The zero-order valence-electron chi connectivity index (χ0n) is 15.2. The summed E-state index contributed by atoms with van der Waals surface area (Å²) in [5.41, 5.74) is 5.78. The van der Waals surface area contributed by atoms with E-state index in [0.29, 0.717) is 19.3 Å². The van der Waals surface area contributed by atoms with Crippen molar-refractivity contribution >= 4 is 0 Å². The number of ether oxygens (including phenoxy) is 2. The van der Waals surface area contributed by atoms with Crippen molar-refractivity contribution in [2.24, 2.45) is 0 Å². The molecule has 0 radical (unpaired) electrons. The molecule has 0 aliphatic carbocycles. The van der Waals surface area contributed by atoms with Gasteiger partial charge in [0.25, 0.3) is 0 Å². The molecule has 1 N–H and O–H groups in total. The quantitative estimate of drug-likeness (QED) is 0.919. The van der Waals surface area contributed by atoms with E-state index in [1.807, 2.05) is 0 Å². The Morgan fingerprint density at radius 3 is 2.88 bits per heavy atom. The number of hydrogen-bond acceptors (Lipinski definition) is 4. The van der Waals surface area contributed by atoms with E-state index in [-0.39, 0.29) is 0 Å². The fourth-order valence-electron chi connectivity index (χ4n) is 4.52. The highest BCUT2D eigenvalue weighted by Crippen LogP contribution is 2.38. The van der Waals surface area contributed by atoms with Crippen molar-refractivity contribution in [2.45, 2.75) is 38.4 Å². The van der Waals surface area contributed by atoms with E-state index in [9.17, 15) is 0 Å². The third-order valence-corrected chi connectivity index (χ3v) is 5.86. The molecular weight excluding hydrogens is 324 g/mol. The normalized spacial score (nSPS) is 22.2. The number of fused-ring (bicyclic) bond motifs is 2. The Hall–Kier alpha value is -2.04. The summed E-state index contributed by atoms with van der Waals surface area (Å²) < 4.78 is 11.5. The van der Waals surface area contributed by atoms with E-state index in [4.69, 9.17) is 9.47 Å². The third kappa shape index (κ3) is 3.08. The van der Waals surface area contributed by atoms with Crippen molar-refractivity contribution in [1.82, 2.24) is 10.2 Å². The van der Waals surface area contributed by atoms with Gasteiger partial charge in [-0.05, 0) is 66.7 Å². The van der Waals surface area contributed by atoms with Crippen molar-refractivity contribution in [3.63, 3.8) is 0 Å². The molecule has 5 rings (SSSR count). The monoisotopic (exact) mass is 350 g/mol. The summed E-state index contributed by atoms with van der Waals surface area (Å²) in [5.74, 6) is 1.79. The summed E-state index contributed by atoms with van der Waals surface area (Å²) in [6.45, 7) is 5.60. The lowest BCUT2D eigenvalue weighted by atomic mass is 9.98. The van der Waals surface area contributed by atoms with Crippen molar-refractivity contribution in [3.8, 4) is 11.5 Å². The van der Waals surface area contributed by atoms with Gasteiger partial charge >= 0.3 is 0 Å². The second kappa shape index (κ2) is 6.93. The third-order valence-electron chi connectivity index (χ3n) is 5.86. The summed E-state index contributed by atoms with van der Waals surface area (Å²) >= 11 is 0. The Balaban J connectivity index is 1.36. The summed E-state index contributed by atoms with van der Waals surface area (Å²) in [4.78, 5) is 2.62. The Morgan fingerprint density at radius 1 is 1.00 bits per heavy atom. The molecule has 0 aromatic heterocycles.